The van der Waals surface area contributed by atoms with Crippen LogP contribution in [0.15, 0.2) is 42.5 Å². The van der Waals surface area contributed by atoms with Crippen LogP contribution in [0.25, 0.3) is 0 Å². The largest absolute Gasteiger partial charge is 0.497 e. The number of methoxy groups -OCH3 is 1. The third-order valence-electron chi connectivity index (χ3n) is 3.19. The fraction of sp³-hybridized carbons (Fsp3) is 0.250. The van der Waals surface area contributed by atoms with E-state index in [1.165, 1.54) is 16.7 Å². The Labute approximate surface area is 114 Å². The summed E-state index contributed by atoms with van der Waals surface area (Å²) in [4.78, 5) is 0. The van der Waals surface area contributed by atoms with Crippen molar-refractivity contribution in [1.82, 2.24) is 5.43 Å². The molecule has 0 amide bonds. The van der Waals surface area contributed by atoms with Crippen LogP contribution in [0.3, 0.4) is 0 Å². The van der Waals surface area contributed by atoms with Crippen LogP contribution in [0, 0.1) is 13.8 Å². The molecule has 0 radical (unpaired) electrons. The van der Waals surface area contributed by atoms with Gasteiger partial charge in [0.15, 0.2) is 0 Å². The lowest BCUT2D eigenvalue weighted by Crippen LogP contribution is -2.28. The van der Waals surface area contributed by atoms with E-state index in [-0.39, 0.29) is 6.04 Å². The number of nitrogens with two attached hydrogens (primary N) is 1. The SMILES string of the molecule is COc1ccc(C(NN)c2cc(C)cc(C)c2)cc1. The van der Waals surface area contributed by atoms with E-state index >= 15 is 0 Å². The second kappa shape index (κ2) is 5.87. The van der Waals surface area contributed by atoms with Crippen LogP contribution < -0.4 is 16.0 Å². The Kier molecular flexibility index (Phi) is 4.20. The smallest absolute Gasteiger partial charge is 0.118 e. The van der Waals surface area contributed by atoms with Crippen molar-refractivity contribution in [3.63, 3.8) is 0 Å². The summed E-state index contributed by atoms with van der Waals surface area (Å²) in [6, 6.07) is 14.4. The molecule has 2 aromatic rings. The maximum Gasteiger partial charge on any atom is 0.118 e. The summed E-state index contributed by atoms with van der Waals surface area (Å²) in [5.41, 5.74) is 7.66. The number of benzene rings is 2. The van der Waals surface area contributed by atoms with Gasteiger partial charge in [-0.15, -0.1) is 0 Å². The van der Waals surface area contributed by atoms with Gasteiger partial charge in [-0.1, -0.05) is 41.5 Å². The number of hydrazine groups is 1. The quantitative estimate of drug-likeness (QED) is 0.653. The van der Waals surface area contributed by atoms with Gasteiger partial charge in [0.2, 0.25) is 0 Å². The monoisotopic (exact) mass is 256 g/mol. The van der Waals surface area contributed by atoms with Gasteiger partial charge in [0.25, 0.3) is 0 Å². The average molecular weight is 256 g/mol. The summed E-state index contributed by atoms with van der Waals surface area (Å²) in [6.07, 6.45) is 0. The predicted molar refractivity (Wildman–Crippen MR) is 78.1 cm³/mol. The Bertz CT molecular complexity index is 529. The lowest BCUT2D eigenvalue weighted by molar-refractivity contribution is 0.414. The summed E-state index contributed by atoms with van der Waals surface area (Å²) < 4.78 is 5.17. The highest BCUT2D eigenvalue weighted by atomic mass is 16.5. The second-order valence-corrected chi connectivity index (χ2v) is 4.79. The van der Waals surface area contributed by atoms with Crippen LogP contribution in [0.5, 0.6) is 5.75 Å². The molecule has 0 bridgehead atoms. The molecule has 0 heterocycles. The molecule has 0 aliphatic rings. The maximum absolute atomic E-state index is 5.73. The van der Waals surface area contributed by atoms with Gasteiger partial charge >= 0.3 is 0 Å². The van der Waals surface area contributed by atoms with Crippen molar-refractivity contribution in [2.45, 2.75) is 19.9 Å². The molecule has 0 aromatic heterocycles. The highest BCUT2D eigenvalue weighted by Gasteiger charge is 2.13. The predicted octanol–water partition coefficient (Wildman–Crippen LogP) is 2.86. The van der Waals surface area contributed by atoms with E-state index in [0.29, 0.717) is 0 Å². The molecule has 2 rings (SSSR count). The first-order valence-corrected chi connectivity index (χ1v) is 6.32. The van der Waals surface area contributed by atoms with Gasteiger partial charge in [-0.2, -0.15) is 0 Å². The molecule has 3 N–H and O–H groups in total. The lowest BCUT2D eigenvalue weighted by Gasteiger charge is -2.18. The lowest BCUT2D eigenvalue weighted by atomic mass is 9.96. The van der Waals surface area contributed by atoms with Crippen LogP contribution in [-0.2, 0) is 0 Å². The Balaban J connectivity index is 2.37. The Morgan fingerprint density at radius 1 is 0.947 bits per heavy atom. The van der Waals surface area contributed by atoms with Crippen molar-refractivity contribution in [3.8, 4) is 5.75 Å². The minimum Gasteiger partial charge on any atom is -0.497 e. The number of nitrogens with one attached hydrogen (secondary N) is 1. The molecule has 1 atom stereocenters. The van der Waals surface area contributed by atoms with E-state index in [1.807, 2.05) is 24.3 Å². The number of rotatable bonds is 4. The zero-order valence-electron chi connectivity index (χ0n) is 11.6. The minimum absolute atomic E-state index is 0.00972. The highest BCUT2D eigenvalue weighted by Crippen LogP contribution is 2.25. The van der Waals surface area contributed by atoms with Crippen molar-refractivity contribution < 1.29 is 4.74 Å². The molecule has 0 saturated heterocycles. The van der Waals surface area contributed by atoms with Gasteiger partial charge in [-0.05, 0) is 37.1 Å². The summed E-state index contributed by atoms with van der Waals surface area (Å²) in [6.45, 7) is 4.19. The number of ether oxygens (including phenoxy) is 1. The summed E-state index contributed by atoms with van der Waals surface area (Å²) in [7, 11) is 1.66. The highest BCUT2D eigenvalue weighted by molar-refractivity contribution is 5.38. The van der Waals surface area contributed by atoms with Gasteiger partial charge < -0.3 is 4.74 Å². The molecule has 0 fully saturated rings. The summed E-state index contributed by atoms with van der Waals surface area (Å²) in [5, 5.41) is 0. The minimum atomic E-state index is -0.00972. The van der Waals surface area contributed by atoms with Gasteiger partial charge in [-0.25, -0.2) is 5.43 Å². The molecular weight excluding hydrogens is 236 g/mol. The first-order valence-electron chi connectivity index (χ1n) is 6.32. The first-order chi connectivity index (χ1) is 9.13. The third-order valence-corrected chi connectivity index (χ3v) is 3.19. The Morgan fingerprint density at radius 2 is 1.53 bits per heavy atom. The Hall–Kier alpha value is -1.84. The van der Waals surface area contributed by atoms with Crippen molar-refractivity contribution in [3.05, 3.63) is 64.7 Å². The Morgan fingerprint density at radius 3 is 2.00 bits per heavy atom. The number of hydrogen-bond acceptors (Lipinski definition) is 3. The summed E-state index contributed by atoms with van der Waals surface area (Å²) >= 11 is 0. The van der Waals surface area contributed by atoms with E-state index in [0.717, 1.165) is 11.3 Å². The van der Waals surface area contributed by atoms with Crippen LogP contribution >= 0.6 is 0 Å². The molecule has 0 saturated carbocycles. The van der Waals surface area contributed by atoms with Gasteiger partial charge in [0, 0.05) is 0 Å². The zero-order valence-corrected chi connectivity index (χ0v) is 11.6. The molecule has 3 nitrogen and oxygen atoms in total. The van der Waals surface area contributed by atoms with Gasteiger partial charge in [0.05, 0.1) is 13.2 Å². The van der Waals surface area contributed by atoms with Crippen LogP contribution in [-0.4, -0.2) is 7.11 Å². The number of hydrogen-bond donors (Lipinski definition) is 2. The molecule has 19 heavy (non-hydrogen) atoms. The van der Waals surface area contributed by atoms with Crippen molar-refractivity contribution in [1.29, 1.82) is 0 Å². The summed E-state index contributed by atoms with van der Waals surface area (Å²) in [5.74, 6) is 6.57. The third kappa shape index (κ3) is 3.13. The molecule has 0 aliphatic carbocycles. The van der Waals surface area contributed by atoms with E-state index < -0.39 is 0 Å². The molecule has 100 valence electrons. The second-order valence-electron chi connectivity index (χ2n) is 4.79. The van der Waals surface area contributed by atoms with Gasteiger partial charge in [-0.3, -0.25) is 5.84 Å². The van der Waals surface area contributed by atoms with E-state index in [9.17, 15) is 0 Å². The van der Waals surface area contributed by atoms with E-state index in [1.54, 1.807) is 7.11 Å². The van der Waals surface area contributed by atoms with Crippen molar-refractivity contribution >= 4 is 0 Å². The fourth-order valence-electron chi connectivity index (χ4n) is 2.36. The van der Waals surface area contributed by atoms with Crippen molar-refractivity contribution in [2.24, 2.45) is 5.84 Å². The molecule has 0 aliphatic heterocycles. The van der Waals surface area contributed by atoms with E-state index in [2.05, 4.69) is 37.5 Å². The van der Waals surface area contributed by atoms with Crippen LogP contribution in [0.2, 0.25) is 0 Å². The van der Waals surface area contributed by atoms with E-state index in [4.69, 9.17) is 10.6 Å². The molecule has 1 unspecified atom stereocenters. The van der Waals surface area contributed by atoms with Crippen LogP contribution in [0.1, 0.15) is 28.3 Å². The fourth-order valence-corrected chi connectivity index (χ4v) is 2.36. The normalized spacial score (nSPS) is 12.2. The molecular formula is C16H20N2O. The van der Waals surface area contributed by atoms with Crippen LogP contribution in [0.4, 0.5) is 0 Å². The molecule has 2 aromatic carbocycles. The van der Waals surface area contributed by atoms with Crippen molar-refractivity contribution in [2.75, 3.05) is 7.11 Å². The van der Waals surface area contributed by atoms with Gasteiger partial charge in [0.1, 0.15) is 5.75 Å². The zero-order chi connectivity index (χ0) is 13.8. The topological polar surface area (TPSA) is 47.3 Å². The maximum atomic E-state index is 5.73. The molecule has 0 spiro atoms. The molecule has 3 heteroatoms. The first kappa shape index (κ1) is 13.6. The number of aryl methyl sites for hydroxylation is 2. The average Bonchev–Trinajstić information content (AvgIpc) is 2.39. The standard InChI is InChI=1S/C16H20N2O/c1-11-8-12(2)10-14(9-11)16(18-17)13-4-6-15(19-3)7-5-13/h4-10,16,18H,17H2,1-3H3.